The maximum atomic E-state index is 13.5. The quantitative estimate of drug-likeness (QED) is 0.837. The Morgan fingerprint density at radius 3 is 2.62 bits per heavy atom. The number of benzene rings is 1. The van der Waals surface area contributed by atoms with E-state index in [1.807, 2.05) is 0 Å². The average Bonchev–Trinajstić information content (AvgIpc) is 2.46. The van der Waals surface area contributed by atoms with Crippen LogP contribution in [0.5, 0.6) is 0 Å². The molecule has 0 aliphatic heterocycles. The van der Waals surface area contributed by atoms with Gasteiger partial charge in [-0.3, -0.25) is 0 Å². The van der Waals surface area contributed by atoms with E-state index in [0.717, 1.165) is 18.2 Å². The van der Waals surface area contributed by atoms with Gasteiger partial charge in [0, 0.05) is 12.6 Å². The molecular weight excluding hydrogens is 236 g/mol. The smallest absolute Gasteiger partial charge is 0.201 e. The Hall–Kier alpha value is -1.62. The van der Waals surface area contributed by atoms with E-state index in [9.17, 15) is 8.78 Å². The van der Waals surface area contributed by atoms with Crippen LogP contribution >= 0.6 is 11.6 Å². The first-order chi connectivity index (χ1) is 7.50. The first-order valence-corrected chi connectivity index (χ1v) is 4.81. The van der Waals surface area contributed by atoms with Crippen molar-refractivity contribution in [2.75, 3.05) is 5.73 Å². The molecule has 2 aromatic rings. The Labute approximate surface area is 95.5 Å². The SMILES string of the molecule is Cn1c(N)nc(Cl)c1-c1cc(F)ccc1F. The van der Waals surface area contributed by atoms with Crippen LogP contribution in [0.4, 0.5) is 14.7 Å². The molecule has 1 heterocycles. The van der Waals surface area contributed by atoms with Crippen molar-refractivity contribution >= 4 is 17.5 Å². The first-order valence-electron chi connectivity index (χ1n) is 4.44. The Balaban J connectivity index is 2.71. The predicted octanol–water partition coefficient (Wildman–Crippen LogP) is 2.60. The first kappa shape index (κ1) is 10.9. The lowest BCUT2D eigenvalue weighted by atomic mass is 10.1. The maximum absolute atomic E-state index is 13.5. The second-order valence-electron chi connectivity index (χ2n) is 3.29. The number of nitrogen functional groups attached to an aromatic ring is 1. The lowest BCUT2D eigenvalue weighted by molar-refractivity contribution is 0.602. The summed E-state index contributed by atoms with van der Waals surface area (Å²) in [5.74, 6) is -0.984. The van der Waals surface area contributed by atoms with Gasteiger partial charge in [-0.25, -0.2) is 13.8 Å². The summed E-state index contributed by atoms with van der Waals surface area (Å²) in [7, 11) is 1.58. The van der Waals surface area contributed by atoms with Gasteiger partial charge in [-0.15, -0.1) is 0 Å². The number of halogens is 3. The van der Waals surface area contributed by atoms with Crippen molar-refractivity contribution in [3.63, 3.8) is 0 Å². The van der Waals surface area contributed by atoms with Gasteiger partial charge in [-0.1, -0.05) is 11.6 Å². The Kier molecular flexibility index (Phi) is 2.55. The van der Waals surface area contributed by atoms with Gasteiger partial charge < -0.3 is 10.3 Å². The highest BCUT2D eigenvalue weighted by Gasteiger charge is 2.17. The topological polar surface area (TPSA) is 43.8 Å². The van der Waals surface area contributed by atoms with E-state index in [1.54, 1.807) is 7.05 Å². The summed E-state index contributed by atoms with van der Waals surface area (Å²) < 4.78 is 28.0. The molecule has 0 saturated carbocycles. The van der Waals surface area contributed by atoms with Crippen LogP contribution in [0.2, 0.25) is 5.15 Å². The Morgan fingerprint density at radius 1 is 1.38 bits per heavy atom. The lowest BCUT2D eigenvalue weighted by Gasteiger charge is -2.05. The number of nitrogens with two attached hydrogens (primary N) is 1. The molecule has 0 amide bonds. The summed E-state index contributed by atoms with van der Waals surface area (Å²) >= 11 is 5.81. The largest absolute Gasteiger partial charge is 0.369 e. The van der Waals surface area contributed by atoms with Gasteiger partial charge in [0.1, 0.15) is 11.6 Å². The Bertz CT molecular complexity index is 551. The standard InChI is InChI=1S/C10H8ClF2N3/c1-16-8(9(11)15-10(16)14)6-4-5(12)2-3-7(6)13/h2-4H,1H3,(H2,14,15). The fourth-order valence-electron chi connectivity index (χ4n) is 1.45. The zero-order valence-corrected chi connectivity index (χ0v) is 9.09. The van der Waals surface area contributed by atoms with Crippen LogP contribution in [0.1, 0.15) is 0 Å². The van der Waals surface area contributed by atoms with Crippen LogP contribution in [0.15, 0.2) is 18.2 Å². The Morgan fingerprint density at radius 2 is 2.06 bits per heavy atom. The van der Waals surface area contributed by atoms with Crippen molar-refractivity contribution in [2.45, 2.75) is 0 Å². The molecule has 2 N–H and O–H groups in total. The molecule has 0 fully saturated rings. The van der Waals surface area contributed by atoms with E-state index in [1.165, 1.54) is 4.57 Å². The minimum Gasteiger partial charge on any atom is -0.369 e. The summed E-state index contributed by atoms with van der Waals surface area (Å²) in [6.45, 7) is 0. The number of rotatable bonds is 1. The van der Waals surface area contributed by atoms with Gasteiger partial charge in [-0.2, -0.15) is 0 Å². The third-order valence-corrected chi connectivity index (χ3v) is 2.53. The van der Waals surface area contributed by atoms with Gasteiger partial charge >= 0.3 is 0 Å². The van der Waals surface area contributed by atoms with Crippen molar-refractivity contribution in [1.29, 1.82) is 0 Å². The van der Waals surface area contributed by atoms with Crippen molar-refractivity contribution in [3.8, 4) is 11.3 Å². The summed E-state index contributed by atoms with van der Waals surface area (Å²) in [6, 6.07) is 3.12. The molecule has 0 radical (unpaired) electrons. The number of hydrogen-bond acceptors (Lipinski definition) is 2. The zero-order valence-electron chi connectivity index (χ0n) is 8.34. The van der Waals surface area contributed by atoms with E-state index in [2.05, 4.69) is 4.98 Å². The molecular formula is C10H8ClF2N3. The van der Waals surface area contributed by atoms with Gasteiger partial charge in [-0.05, 0) is 18.2 Å². The number of hydrogen-bond donors (Lipinski definition) is 1. The normalized spacial score (nSPS) is 10.8. The fourth-order valence-corrected chi connectivity index (χ4v) is 1.77. The molecule has 0 unspecified atom stereocenters. The maximum Gasteiger partial charge on any atom is 0.201 e. The van der Waals surface area contributed by atoms with E-state index in [0.29, 0.717) is 0 Å². The number of nitrogens with zero attached hydrogens (tertiary/aromatic N) is 2. The summed E-state index contributed by atoms with van der Waals surface area (Å²) in [5.41, 5.74) is 5.82. The molecule has 16 heavy (non-hydrogen) atoms. The molecule has 1 aromatic carbocycles. The van der Waals surface area contributed by atoms with Gasteiger partial charge in [0.2, 0.25) is 5.95 Å². The second-order valence-corrected chi connectivity index (χ2v) is 3.65. The van der Waals surface area contributed by atoms with Crippen LogP contribution in [-0.2, 0) is 7.05 Å². The molecule has 0 aliphatic rings. The van der Waals surface area contributed by atoms with E-state index >= 15 is 0 Å². The molecule has 3 nitrogen and oxygen atoms in total. The highest BCUT2D eigenvalue weighted by molar-refractivity contribution is 6.32. The fraction of sp³-hybridized carbons (Fsp3) is 0.100. The van der Waals surface area contributed by atoms with Crippen molar-refractivity contribution < 1.29 is 8.78 Å². The van der Waals surface area contributed by atoms with Crippen LogP contribution < -0.4 is 5.73 Å². The van der Waals surface area contributed by atoms with E-state index < -0.39 is 11.6 Å². The molecule has 0 atom stereocenters. The average molecular weight is 244 g/mol. The molecule has 2 rings (SSSR count). The van der Waals surface area contributed by atoms with Crippen LogP contribution in [0.25, 0.3) is 11.3 Å². The molecule has 6 heteroatoms. The minimum atomic E-state index is -0.577. The van der Waals surface area contributed by atoms with E-state index in [-0.39, 0.29) is 22.4 Å². The molecule has 1 aromatic heterocycles. The van der Waals surface area contributed by atoms with Crippen molar-refractivity contribution in [3.05, 3.63) is 35.0 Å². The number of imidazole rings is 1. The number of aromatic nitrogens is 2. The number of anilines is 1. The van der Waals surface area contributed by atoms with E-state index in [4.69, 9.17) is 17.3 Å². The third kappa shape index (κ3) is 1.63. The van der Waals surface area contributed by atoms with Crippen LogP contribution in [0.3, 0.4) is 0 Å². The van der Waals surface area contributed by atoms with Gasteiger partial charge in [0.15, 0.2) is 5.15 Å². The van der Waals surface area contributed by atoms with Gasteiger partial charge in [0.25, 0.3) is 0 Å². The monoisotopic (exact) mass is 243 g/mol. The molecule has 0 bridgehead atoms. The molecule has 0 aliphatic carbocycles. The zero-order chi connectivity index (χ0) is 11.9. The molecule has 0 spiro atoms. The highest BCUT2D eigenvalue weighted by Crippen LogP contribution is 2.31. The van der Waals surface area contributed by atoms with Crippen LogP contribution in [-0.4, -0.2) is 9.55 Å². The third-order valence-electron chi connectivity index (χ3n) is 2.27. The second kappa shape index (κ2) is 3.75. The molecule has 0 saturated heterocycles. The summed E-state index contributed by atoms with van der Waals surface area (Å²) in [4.78, 5) is 3.77. The predicted molar refractivity (Wildman–Crippen MR) is 58.0 cm³/mol. The lowest BCUT2D eigenvalue weighted by Crippen LogP contribution is -1.99. The van der Waals surface area contributed by atoms with Crippen molar-refractivity contribution in [2.24, 2.45) is 7.05 Å². The molecule has 84 valence electrons. The van der Waals surface area contributed by atoms with Gasteiger partial charge in [0.05, 0.1) is 5.69 Å². The highest BCUT2D eigenvalue weighted by atomic mass is 35.5. The summed E-state index contributed by atoms with van der Waals surface area (Å²) in [5, 5.41) is 0.0458. The minimum absolute atomic E-state index is 0.0386. The van der Waals surface area contributed by atoms with Crippen LogP contribution in [0, 0.1) is 11.6 Å². The van der Waals surface area contributed by atoms with Crippen molar-refractivity contribution in [1.82, 2.24) is 9.55 Å². The summed E-state index contributed by atoms with van der Waals surface area (Å²) in [6.07, 6.45) is 0.